The van der Waals surface area contributed by atoms with E-state index in [1.165, 1.54) is 5.56 Å². The van der Waals surface area contributed by atoms with Crippen LogP contribution in [-0.4, -0.2) is 18.6 Å². The Balaban J connectivity index is 1.63. The SMILES string of the molecule is O=C(NCCc1ccccc1)NC1CC1. The van der Waals surface area contributed by atoms with Gasteiger partial charge in [-0.25, -0.2) is 4.79 Å². The zero-order valence-electron chi connectivity index (χ0n) is 8.70. The predicted octanol–water partition coefficient (Wildman–Crippen LogP) is 1.69. The molecule has 3 heteroatoms. The number of nitrogens with one attached hydrogen (secondary N) is 2. The molecule has 1 aromatic carbocycles. The van der Waals surface area contributed by atoms with Gasteiger partial charge in [0.1, 0.15) is 0 Å². The lowest BCUT2D eigenvalue weighted by molar-refractivity contribution is 0.240. The summed E-state index contributed by atoms with van der Waals surface area (Å²) in [5, 5.41) is 5.74. The molecule has 2 N–H and O–H groups in total. The molecule has 0 unspecified atom stereocenters. The molecule has 1 saturated carbocycles. The topological polar surface area (TPSA) is 41.1 Å². The van der Waals surface area contributed by atoms with Gasteiger partial charge < -0.3 is 10.6 Å². The largest absolute Gasteiger partial charge is 0.338 e. The second-order valence-electron chi connectivity index (χ2n) is 3.91. The van der Waals surface area contributed by atoms with E-state index in [2.05, 4.69) is 22.8 Å². The van der Waals surface area contributed by atoms with E-state index in [1.54, 1.807) is 0 Å². The summed E-state index contributed by atoms with van der Waals surface area (Å²) in [5.74, 6) is 0. The van der Waals surface area contributed by atoms with Crippen LogP contribution in [0, 0.1) is 0 Å². The Kier molecular flexibility index (Phi) is 3.22. The minimum atomic E-state index is -0.0339. The lowest BCUT2D eigenvalue weighted by Gasteiger charge is -2.06. The van der Waals surface area contributed by atoms with Crippen molar-refractivity contribution in [3.05, 3.63) is 35.9 Å². The molecule has 0 bridgehead atoms. The van der Waals surface area contributed by atoms with E-state index in [1.807, 2.05) is 18.2 Å². The highest BCUT2D eigenvalue weighted by molar-refractivity contribution is 5.74. The maximum absolute atomic E-state index is 11.3. The third-order valence-electron chi connectivity index (χ3n) is 2.45. The van der Waals surface area contributed by atoms with Crippen molar-refractivity contribution < 1.29 is 4.79 Å². The first kappa shape index (κ1) is 10.0. The molecule has 0 saturated heterocycles. The normalized spacial score (nSPS) is 14.7. The molecule has 0 heterocycles. The lowest BCUT2D eigenvalue weighted by Crippen LogP contribution is -2.37. The van der Waals surface area contributed by atoms with Crippen molar-refractivity contribution in [2.45, 2.75) is 25.3 Å². The van der Waals surface area contributed by atoms with Crippen molar-refractivity contribution in [3.8, 4) is 0 Å². The molecule has 0 radical (unpaired) electrons. The summed E-state index contributed by atoms with van der Waals surface area (Å²) in [4.78, 5) is 11.3. The molecular formula is C12H16N2O. The van der Waals surface area contributed by atoms with Crippen LogP contribution in [0.3, 0.4) is 0 Å². The van der Waals surface area contributed by atoms with Crippen LogP contribution in [0.5, 0.6) is 0 Å². The highest BCUT2D eigenvalue weighted by atomic mass is 16.2. The number of carbonyl (C=O) groups excluding carboxylic acids is 1. The maximum Gasteiger partial charge on any atom is 0.315 e. The van der Waals surface area contributed by atoms with Crippen LogP contribution in [-0.2, 0) is 6.42 Å². The lowest BCUT2D eigenvalue weighted by atomic mass is 10.1. The molecule has 1 aliphatic rings. The second-order valence-corrected chi connectivity index (χ2v) is 3.91. The van der Waals surface area contributed by atoms with Crippen LogP contribution in [0.4, 0.5) is 4.79 Å². The number of rotatable bonds is 4. The van der Waals surface area contributed by atoms with E-state index in [9.17, 15) is 4.79 Å². The van der Waals surface area contributed by atoms with E-state index in [0.717, 1.165) is 19.3 Å². The van der Waals surface area contributed by atoms with Crippen LogP contribution in [0.15, 0.2) is 30.3 Å². The van der Waals surface area contributed by atoms with Crippen molar-refractivity contribution in [1.82, 2.24) is 10.6 Å². The molecule has 1 aromatic rings. The summed E-state index contributed by atoms with van der Waals surface area (Å²) >= 11 is 0. The van der Waals surface area contributed by atoms with Gasteiger partial charge in [0.2, 0.25) is 0 Å². The molecule has 0 aliphatic heterocycles. The zero-order valence-corrected chi connectivity index (χ0v) is 8.70. The van der Waals surface area contributed by atoms with Crippen LogP contribution in [0.25, 0.3) is 0 Å². The standard InChI is InChI=1S/C12H16N2O/c15-12(14-11-6-7-11)13-9-8-10-4-2-1-3-5-10/h1-5,11H,6-9H2,(H2,13,14,15). The van der Waals surface area contributed by atoms with Crippen molar-refractivity contribution in [2.75, 3.05) is 6.54 Å². The van der Waals surface area contributed by atoms with Gasteiger partial charge in [0.25, 0.3) is 0 Å². The van der Waals surface area contributed by atoms with Gasteiger partial charge in [-0.05, 0) is 24.8 Å². The Labute approximate surface area is 89.9 Å². The molecule has 2 rings (SSSR count). The quantitative estimate of drug-likeness (QED) is 0.770. The van der Waals surface area contributed by atoms with Gasteiger partial charge in [-0.2, -0.15) is 0 Å². The van der Waals surface area contributed by atoms with E-state index in [0.29, 0.717) is 12.6 Å². The number of hydrogen-bond acceptors (Lipinski definition) is 1. The molecule has 0 spiro atoms. The summed E-state index contributed by atoms with van der Waals surface area (Å²) in [6.07, 6.45) is 3.15. The molecule has 1 fully saturated rings. The first-order valence-electron chi connectivity index (χ1n) is 5.43. The van der Waals surface area contributed by atoms with E-state index < -0.39 is 0 Å². The van der Waals surface area contributed by atoms with Crippen LogP contribution in [0.2, 0.25) is 0 Å². The van der Waals surface area contributed by atoms with Crippen LogP contribution < -0.4 is 10.6 Å². The number of amides is 2. The van der Waals surface area contributed by atoms with E-state index >= 15 is 0 Å². The number of hydrogen-bond donors (Lipinski definition) is 2. The first-order valence-corrected chi connectivity index (χ1v) is 5.43. The van der Waals surface area contributed by atoms with Crippen LogP contribution in [0.1, 0.15) is 18.4 Å². The van der Waals surface area contributed by atoms with Crippen molar-refractivity contribution in [1.29, 1.82) is 0 Å². The molecule has 0 aromatic heterocycles. The highest BCUT2D eigenvalue weighted by Gasteiger charge is 2.22. The van der Waals surface area contributed by atoms with Crippen LogP contribution >= 0.6 is 0 Å². The Bertz CT molecular complexity index is 320. The third-order valence-corrected chi connectivity index (χ3v) is 2.45. The monoisotopic (exact) mass is 204 g/mol. The number of benzene rings is 1. The predicted molar refractivity (Wildman–Crippen MR) is 59.7 cm³/mol. The van der Waals surface area contributed by atoms with Crippen molar-refractivity contribution >= 4 is 6.03 Å². The van der Waals surface area contributed by atoms with E-state index in [4.69, 9.17) is 0 Å². The van der Waals surface area contributed by atoms with Gasteiger partial charge in [0.05, 0.1) is 0 Å². The average molecular weight is 204 g/mol. The molecule has 2 amide bonds. The second kappa shape index (κ2) is 4.82. The van der Waals surface area contributed by atoms with Crippen molar-refractivity contribution in [2.24, 2.45) is 0 Å². The summed E-state index contributed by atoms with van der Waals surface area (Å²) in [5.41, 5.74) is 1.25. The minimum Gasteiger partial charge on any atom is -0.338 e. The van der Waals surface area contributed by atoms with Crippen molar-refractivity contribution in [3.63, 3.8) is 0 Å². The summed E-state index contributed by atoms with van der Waals surface area (Å²) in [6, 6.07) is 10.6. The Morgan fingerprint density at radius 2 is 2.00 bits per heavy atom. The highest BCUT2D eigenvalue weighted by Crippen LogP contribution is 2.18. The van der Waals surface area contributed by atoms with Gasteiger partial charge in [0, 0.05) is 12.6 Å². The Morgan fingerprint density at radius 1 is 1.27 bits per heavy atom. The van der Waals surface area contributed by atoms with E-state index in [-0.39, 0.29) is 6.03 Å². The third kappa shape index (κ3) is 3.62. The molecule has 3 nitrogen and oxygen atoms in total. The summed E-state index contributed by atoms with van der Waals surface area (Å²) < 4.78 is 0. The number of urea groups is 1. The molecule has 15 heavy (non-hydrogen) atoms. The first-order chi connectivity index (χ1) is 7.34. The summed E-state index contributed by atoms with van der Waals surface area (Å²) in [7, 11) is 0. The number of carbonyl (C=O) groups is 1. The minimum absolute atomic E-state index is 0.0339. The fourth-order valence-electron chi connectivity index (χ4n) is 1.43. The average Bonchev–Trinajstić information content (AvgIpc) is 3.03. The fraction of sp³-hybridized carbons (Fsp3) is 0.417. The smallest absolute Gasteiger partial charge is 0.315 e. The zero-order chi connectivity index (χ0) is 10.5. The molecule has 80 valence electrons. The Morgan fingerprint density at radius 3 is 2.67 bits per heavy atom. The fourth-order valence-corrected chi connectivity index (χ4v) is 1.43. The molecular weight excluding hydrogens is 188 g/mol. The van der Waals surface area contributed by atoms with Gasteiger partial charge >= 0.3 is 6.03 Å². The van der Waals surface area contributed by atoms with Gasteiger partial charge in [0.15, 0.2) is 0 Å². The Hall–Kier alpha value is -1.51. The molecule has 0 atom stereocenters. The van der Waals surface area contributed by atoms with Gasteiger partial charge in [-0.1, -0.05) is 30.3 Å². The summed E-state index contributed by atoms with van der Waals surface area (Å²) in [6.45, 7) is 0.697. The molecule has 1 aliphatic carbocycles. The van der Waals surface area contributed by atoms with Gasteiger partial charge in [-0.15, -0.1) is 0 Å². The maximum atomic E-state index is 11.3. The van der Waals surface area contributed by atoms with Gasteiger partial charge in [-0.3, -0.25) is 0 Å².